The van der Waals surface area contributed by atoms with Crippen LogP contribution in [0.4, 0.5) is 0 Å². The summed E-state index contributed by atoms with van der Waals surface area (Å²) < 4.78 is 0. The highest BCUT2D eigenvalue weighted by atomic mass is 32.2. The van der Waals surface area contributed by atoms with Crippen molar-refractivity contribution in [2.24, 2.45) is 0 Å². The molecule has 0 unspecified atom stereocenters. The smallest absolute Gasteiger partial charge is 0.220 e. The summed E-state index contributed by atoms with van der Waals surface area (Å²) in [6.45, 7) is 5.76. The highest BCUT2D eigenvalue weighted by molar-refractivity contribution is 7.99. The van der Waals surface area contributed by atoms with Gasteiger partial charge >= 0.3 is 0 Å². The molecule has 5 heteroatoms. The fourth-order valence-corrected chi connectivity index (χ4v) is 2.28. The third kappa shape index (κ3) is 13.5. The molecule has 0 heterocycles. The largest absolute Gasteiger partial charge is 0.356 e. The molecule has 0 aromatic rings. The molecule has 0 bridgehead atoms. The molecular weight excluding hydrogens is 260 g/mol. The summed E-state index contributed by atoms with van der Waals surface area (Å²) in [5.74, 6) is 1.82. The highest BCUT2D eigenvalue weighted by Crippen LogP contribution is 2.04. The van der Waals surface area contributed by atoms with Gasteiger partial charge in [-0.3, -0.25) is 9.59 Å². The molecule has 19 heavy (non-hydrogen) atoms. The minimum atomic E-state index is 0.119. The van der Waals surface area contributed by atoms with Gasteiger partial charge in [0.1, 0.15) is 0 Å². The molecule has 2 N–H and O–H groups in total. The molecule has 0 saturated carbocycles. The van der Waals surface area contributed by atoms with Crippen LogP contribution in [0.15, 0.2) is 0 Å². The van der Waals surface area contributed by atoms with Crippen LogP contribution in [0.1, 0.15) is 52.4 Å². The van der Waals surface area contributed by atoms with Gasteiger partial charge in [-0.2, -0.15) is 11.8 Å². The van der Waals surface area contributed by atoms with E-state index >= 15 is 0 Å². The van der Waals surface area contributed by atoms with E-state index in [1.165, 1.54) is 0 Å². The number of nitrogens with one attached hydrogen (secondary N) is 2. The Labute approximate surface area is 121 Å². The van der Waals surface area contributed by atoms with Crippen LogP contribution >= 0.6 is 11.8 Å². The first kappa shape index (κ1) is 18.3. The molecule has 0 aromatic carbocycles. The Morgan fingerprint density at radius 2 is 1.26 bits per heavy atom. The fourth-order valence-electron chi connectivity index (χ4n) is 1.42. The third-order valence-corrected chi connectivity index (χ3v) is 3.64. The number of thioether (sulfide) groups is 1. The second-order valence-electron chi connectivity index (χ2n) is 4.52. The summed E-state index contributed by atoms with van der Waals surface area (Å²) in [5.41, 5.74) is 0. The summed E-state index contributed by atoms with van der Waals surface area (Å²) in [6.07, 6.45) is 5.37. The molecule has 0 spiro atoms. The van der Waals surface area contributed by atoms with Crippen molar-refractivity contribution in [1.82, 2.24) is 10.6 Å². The number of carbonyl (C=O) groups is 2. The van der Waals surface area contributed by atoms with Gasteiger partial charge < -0.3 is 10.6 Å². The molecule has 0 radical (unpaired) electrons. The van der Waals surface area contributed by atoms with E-state index < -0.39 is 0 Å². The van der Waals surface area contributed by atoms with Gasteiger partial charge in [0.15, 0.2) is 0 Å². The normalized spacial score (nSPS) is 10.2. The zero-order valence-corrected chi connectivity index (χ0v) is 13.1. The lowest BCUT2D eigenvalue weighted by molar-refractivity contribution is -0.121. The zero-order chi connectivity index (χ0) is 14.3. The molecule has 0 aliphatic heterocycles. The predicted molar refractivity (Wildman–Crippen MR) is 82.4 cm³/mol. The van der Waals surface area contributed by atoms with Crippen molar-refractivity contribution in [1.29, 1.82) is 0 Å². The van der Waals surface area contributed by atoms with Crippen molar-refractivity contribution < 1.29 is 9.59 Å². The fraction of sp³-hybridized carbons (Fsp3) is 0.857. The van der Waals surface area contributed by atoms with Crippen LogP contribution in [0.5, 0.6) is 0 Å². The SMILES string of the molecule is CCCCNC(=O)CCSCCC(=O)NCCCC. The van der Waals surface area contributed by atoms with Gasteiger partial charge in [0, 0.05) is 37.4 Å². The number of carbonyl (C=O) groups excluding carboxylic acids is 2. The summed E-state index contributed by atoms with van der Waals surface area (Å²) in [4.78, 5) is 22.8. The van der Waals surface area contributed by atoms with E-state index in [9.17, 15) is 9.59 Å². The van der Waals surface area contributed by atoms with Crippen molar-refractivity contribution in [3.05, 3.63) is 0 Å². The Balaban J connectivity index is 3.29. The van der Waals surface area contributed by atoms with Crippen LogP contribution in [-0.2, 0) is 9.59 Å². The quantitative estimate of drug-likeness (QED) is 0.542. The third-order valence-electron chi connectivity index (χ3n) is 2.65. The van der Waals surface area contributed by atoms with Crippen molar-refractivity contribution in [2.75, 3.05) is 24.6 Å². The van der Waals surface area contributed by atoms with Crippen molar-refractivity contribution in [2.45, 2.75) is 52.4 Å². The molecule has 0 fully saturated rings. The summed E-state index contributed by atoms with van der Waals surface area (Å²) in [5, 5.41) is 5.77. The maximum atomic E-state index is 11.4. The van der Waals surface area contributed by atoms with Crippen molar-refractivity contribution >= 4 is 23.6 Å². The lowest BCUT2D eigenvalue weighted by Crippen LogP contribution is -2.25. The molecule has 0 aliphatic carbocycles. The van der Waals surface area contributed by atoms with Gasteiger partial charge in [-0.25, -0.2) is 0 Å². The van der Waals surface area contributed by atoms with E-state index in [2.05, 4.69) is 24.5 Å². The number of hydrogen-bond donors (Lipinski definition) is 2. The zero-order valence-electron chi connectivity index (χ0n) is 12.3. The highest BCUT2D eigenvalue weighted by Gasteiger charge is 2.02. The first-order chi connectivity index (χ1) is 9.20. The average molecular weight is 288 g/mol. The Kier molecular flexibility index (Phi) is 13.2. The molecule has 4 nitrogen and oxygen atoms in total. The van der Waals surface area contributed by atoms with Crippen LogP contribution in [0.3, 0.4) is 0 Å². The van der Waals surface area contributed by atoms with E-state index in [1.54, 1.807) is 11.8 Å². The summed E-state index contributed by atoms with van der Waals surface area (Å²) in [6, 6.07) is 0. The van der Waals surface area contributed by atoms with Crippen LogP contribution < -0.4 is 10.6 Å². The predicted octanol–water partition coefficient (Wildman–Crippen LogP) is 2.33. The van der Waals surface area contributed by atoms with Gasteiger partial charge in [0.05, 0.1) is 0 Å². The summed E-state index contributed by atoms with van der Waals surface area (Å²) >= 11 is 1.67. The molecule has 0 aliphatic rings. The minimum Gasteiger partial charge on any atom is -0.356 e. The first-order valence-electron chi connectivity index (χ1n) is 7.31. The van der Waals surface area contributed by atoms with Gasteiger partial charge in [-0.15, -0.1) is 0 Å². The van der Waals surface area contributed by atoms with Crippen molar-refractivity contribution in [3.63, 3.8) is 0 Å². The molecule has 0 aromatic heterocycles. The standard InChI is InChI=1S/C14H28N2O2S/c1-3-5-9-15-13(17)7-11-19-12-8-14(18)16-10-6-4-2/h3-12H2,1-2H3,(H,15,17)(H,16,18). The van der Waals surface area contributed by atoms with E-state index in [4.69, 9.17) is 0 Å². The van der Waals surface area contributed by atoms with E-state index in [-0.39, 0.29) is 11.8 Å². The van der Waals surface area contributed by atoms with Gasteiger partial charge in [0.2, 0.25) is 11.8 Å². The van der Waals surface area contributed by atoms with E-state index in [1.807, 2.05) is 0 Å². The Bertz CT molecular complexity index is 224. The second-order valence-corrected chi connectivity index (χ2v) is 5.74. The maximum absolute atomic E-state index is 11.4. The minimum absolute atomic E-state index is 0.119. The van der Waals surface area contributed by atoms with Crippen LogP contribution in [-0.4, -0.2) is 36.4 Å². The monoisotopic (exact) mass is 288 g/mol. The molecular formula is C14H28N2O2S. The number of hydrogen-bond acceptors (Lipinski definition) is 3. The molecule has 0 saturated heterocycles. The van der Waals surface area contributed by atoms with Crippen LogP contribution in [0.25, 0.3) is 0 Å². The Morgan fingerprint density at radius 1 is 0.842 bits per heavy atom. The van der Waals surface area contributed by atoms with Crippen LogP contribution in [0, 0.1) is 0 Å². The lowest BCUT2D eigenvalue weighted by Gasteiger charge is -2.05. The lowest BCUT2D eigenvalue weighted by atomic mass is 10.3. The molecule has 0 rings (SSSR count). The summed E-state index contributed by atoms with van der Waals surface area (Å²) in [7, 11) is 0. The molecule has 2 amide bonds. The van der Waals surface area contributed by atoms with Gasteiger partial charge in [-0.05, 0) is 12.8 Å². The Morgan fingerprint density at radius 3 is 1.63 bits per heavy atom. The van der Waals surface area contributed by atoms with Gasteiger partial charge in [0.25, 0.3) is 0 Å². The topological polar surface area (TPSA) is 58.2 Å². The van der Waals surface area contributed by atoms with E-state index in [0.717, 1.165) is 50.3 Å². The second kappa shape index (κ2) is 13.7. The van der Waals surface area contributed by atoms with Crippen molar-refractivity contribution in [3.8, 4) is 0 Å². The average Bonchev–Trinajstić information content (AvgIpc) is 2.39. The van der Waals surface area contributed by atoms with E-state index in [0.29, 0.717) is 12.8 Å². The molecule has 112 valence electrons. The maximum Gasteiger partial charge on any atom is 0.220 e. The molecule has 0 atom stereocenters. The van der Waals surface area contributed by atoms with Gasteiger partial charge in [-0.1, -0.05) is 26.7 Å². The number of amides is 2. The first-order valence-corrected chi connectivity index (χ1v) is 8.47. The van der Waals surface area contributed by atoms with Crippen LogP contribution in [0.2, 0.25) is 0 Å². The number of unbranched alkanes of at least 4 members (excludes halogenated alkanes) is 2. The Hall–Kier alpha value is -0.710. The number of rotatable bonds is 12.